The van der Waals surface area contributed by atoms with Crippen molar-refractivity contribution in [1.29, 1.82) is 5.26 Å². The van der Waals surface area contributed by atoms with E-state index in [1.54, 1.807) is 13.1 Å². The molecule has 2 aromatic heterocycles. The van der Waals surface area contributed by atoms with Crippen LogP contribution in [-0.2, 0) is 18.3 Å². The molecule has 0 aliphatic rings. The van der Waals surface area contributed by atoms with Crippen molar-refractivity contribution in [2.75, 3.05) is 0 Å². The van der Waals surface area contributed by atoms with Gasteiger partial charge in [-0.1, -0.05) is 30.3 Å². The monoisotopic (exact) mass is 429 g/mol. The maximum absolute atomic E-state index is 12.3. The standard InChI is InChI=1S/C23H19N5O4/c1-28-20-9-16(6-7-21(20)32-23(28)30)15-4-2-14(3-5-15)8-17(11-24)27-22(29)19(25)10-18-12-31-13-26-18/h2-7,9-10,12-13,17H,8,25H2,1H3,(H,27,29)/t17-/m0/s1. The zero-order valence-corrected chi connectivity index (χ0v) is 17.1. The molecule has 1 amide bonds. The average Bonchev–Trinajstić information content (AvgIpc) is 3.41. The summed E-state index contributed by atoms with van der Waals surface area (Å²) in [6, 6.07) is 14.5. The molecule has 0 aliphatic heterocycles. The molecule has 9 heteroatoms. The summed E-state index contributed by atoms with van der Waals surface area (Å²) in [5.41, 5.74) is 10.1. The molecular weight excluding hydrogens is 410 g/mol. The molecule has 0 fully saturated rings. The van der Waals surface area contributed by atoms with Gasteiger partial charge in [0.25, 0.3) is 5.91 Å². The predicted octanol–water partition coefficient (Wildman–Crippen LogP) is 2.34. The van der Waals surface area contributed by atoms with Crippen LogP contribution in [0.15, 0.2) is 74.4 Å². The third kappa shape index (κ3) is 4.29. The number of nitrogens with two attached hydrogens (primary N) is 1. The SMILES string of the molecule is Cn1c(=O)oc2ccc(-c3ccc(C[C@@H](C#N)NC(=O)C(N)=Cc4cocn4)cc3)cc21. The summed E-state index contributed by atoms with van der Waals surface area (Å²) < 4.78 is 11.4. The molecule has 2 heterocycles. The first-order valence-electron chi connectivity index (χ1n) is 9.69. The Hall–Kier alpha value is -4.58. The van der Waals surface area contributed by atoms with Gasteiger partial charge in [0.1, 0.15) is 18.0 Å². The molecule has 0 saturated carbocycles. The molecule has 4 aromatic rings. The third-order valence-electron chi connectivity index (χ3n) is 5.00. The van der Waals surface area contributed by atoms with Gasteiger partial charge in [-0.05, 0) is 34.9 Å². The Morgan fingerprint density at radius 2 is 2.03 bits per heavy atom. The lowest BCUT2D eigenvalue weighted by Crippen LogP contribution is -2.38. The van der Waals surface area contributed by atoms with Crippen LogP contribution < -0.4 is 16.8 Å². The fraction of sp³-hybridized carbons (Fsp3) is 0.130. The number of benzene rings is 2. The van der Waals surface area contributed by atoms with Crippen LogP contribution in [0.2, 0.25) is 0 Å². The molecule has 2 aromatic carbocycles. The van der Waals surface area contributed by atoms with Crippen molar-refractivity contribution in [3.8, 4) is 17.2 Å². The van der Waals surface area contributed by atoms with Crippen LogP contribution in [0.3, 0.4) is 0 Å². The fourth-order valence-corrected chi connectivity index (χ4v) is 3.26. The highest BCUT2D eigenvalue weighted by molar-refractivity contribution is 5.96. The maximum Gasteiger partial charge on any atom is 0.419 e. The molecule has 0 radical (unpaired) electrons. The molecule has 4 rings (SSSR count). The molecule has 0 spiro atoms. The zero-order chi connectivity index (χ0) is 22.7. The number of hydrogen-bond acceptors (Lipinski definition) is 7. The van der Waals surface area contributed by atoms with Gasteiger partial charge in [-0.2, -0.15) is 5.26 Å². The van der Waals surface area contributed by atoms with Gasteiger partial charge in [-0.15, -0.1) is 0 Å². The smallest absolute Gasteiger partial charge is 0.419 e. The number of rotatable bonds is 6. The largest absolute Gasteiger partial charge is 0.451 e. The number of nitrogens with zero attached hydrogens (tertiary/aromatic N) is 3. The second-order valence-corrected chi connectivity index (χ2v) is 7.18. The normalized spacial score (nSPS) is 12.4. The van der Waals surface area contributed by atoms with E-state index in [-0.39, 0.29) is 5.70 Å². The van der Waals surface area contributed by atoms with E-state index in [0.717, 1.165) is 16.7 Å². The highest BCUT2D eigenvalue weighted by atomic mass is 16.4. The number of carbonyl (C=O) groups is 1. The van der Waals surface area contributed by atoms with E-state index in [2.05, 4.69) is 16.4 Å². The van der Waals surface area contributed by atoms with Crippen molar-refractivity contribution < 1.29 is 13.6 Å². The maximum atomic E-state index is 12.3. The summed E-state index contributed by atoms with van der Waals surface area (Å²) >= 11 is 0. The quantitative estimate of drug-likeness (QED) is 0.448. The molecule has 160 valence electrons. The van der Waals surface area contributed by atoms with E-state index in [4.69, 9.17) is 14.6 Å². The summed E-state index contributed by atoms with van der Waals surface area (Å²) in [6.07, 6.45) is 4.27. The summed E-state index contributed by atoms with van der Waals surface area (Å²) in [4.78, 5) is 27.8. The second-order valence-electron chi connectivity index (χ2n) is 7.18. The number of hydrogen-bond donors (Lipinski definition) is 2. The van der Waals surface area contributed by atoms with Gasteiger partial charge < -0.3 is 19.9 Å². The number of carbonyl (C=O) groups excluding carboxylic acids is 1. The Balaban J connectivity index is 1.45. The number of nitriles is 1. The van der Waals surface area contributed by atoms with Gasteiger partial charge in [-0.25, -0.2) is 9.78 Å². The molecule has 0 saturated heterocycles. The number of amides is 1. The van der Waals surface area contributed by atoms with Crippen molar-refractivity contribution in [1.82, 2.24) is 14.9 Å². The van der Waals surface area contributed by atoms with Crippen LogP contribution in [0.4, 0.5) is 0 Å². The Labute approximate surface area is 182 Å². The number of fused-ring (bicyclic) bond motifs is 1. The van der Waals surface area contributed by atoms with Gasteiger partial charge in [0, 0.05) is 13.5 Å². The van der Waals surface area contributed by atoms with E-state index in [1.165, 1.54) is 23.3 Å². The molecule has 1 atom stereocenters. The highest BCUT2D eigenvalue weighted by Crippen LogP contribution is 2.24. The Kier molecular flexibility index (Phi) is 5.59. The minimum atomic E-state index is -0.755. The van der Waals surface area contributed by atoms with Crippen molar-refractivity contribution in [3.05, 3.63) is 82.6 Å². The third-order valence-corrected chi connectivity index (χ3v) is 5.00. The highest BCUT2D eigenvalue weighted by Gasteiger charge is 2.15. The molecule has 0 bridgehead atoms. The van der Waals surface area contributed by atoms with Gasteiger partial charge in [-0.3, -0.25) is 9.36 Å². The van der Waals surface area contributed by atoms with Crippen LogP contribution in [0.5, 0.6) is 0 Å². The second kappa shape index (κ2) is 8.65. The van der Waals surface area contributed by atoms with Crippen LogP contribution >= 0.6 is 0 Å². The number of nitrogens with one attached hydrogen (secondary N) is 1. The van der Waals surface area contributed by atoms with Crippen LogP contribution in [-0.4, -0.2) is 21.5 Å². The molecule has 32 heavy (non-hydrogen) atoms. The lowest BCUT2D eigenvalue weighted by atomic mass is 10.0. The van der Waals surface area contributed by atoms with Crippen molar-refractivity contribution in [3.63, 3.8) is 0 Å². The van der Waals surface area contributed by atoms with Gasteiger partial charge in [0.05, 0.1) is 17.3 Å². The van der Waals surface area contributed by atoms with Crippen LogP contribution in [0.1, 0.15) is 11.3 Å². The molecule has 0 aliphatic carbocycles. The van der Waals surface area contributed by atoms with Crippen LogP contribution in [0, 0.1) is 11.3 Å². The Morgan fingerprint density at radius 1 is 1.28 bits per heavy atom. The Bertz CT molecular complexity index is 1390. The van der Waals surface area contributed by atoms with Crippen LogP contribution in [0.25, 0.3) is 28.3 Å². The summed E-state index contributed by atoms with van der Waals surface area (Å²) in [6.45, 7) is 0. The fourth-order valence-electron chi connectivity index (χ4n) is 3.26. The average molecular weight is 429 g/mol. The molecule has 9 nitrogen and oxygen atoms in total. The van der Waals surface area contributed by atoms with E-state index >= 15 is 0 Å². The molecule has 3 N–H and O–H groups in total. The lowest BCUT2D eigenvalue weighted by molar-refractivity contribution is -0.117. The number of oxazole rings is 2. The summed E-state index contributed by atoms with van der Waals surface area (Å²) in [5.74, 6) is -0.969. The first-order valence-corrected chi connectivity index (χ1v) is 9.69. The number of aryl methyl sites for hydroxylation is 1. The Morgan fingerprint density at radius 3 is 2.72 bits per heavy atom. The number of aromatic nitrogens is 2. The lowest BCUT2D eigenvalue weighted by Gasteiger charge is -2.12. The first-order chi connectivity index (χ1) is 15.4. The predicted molar refractivity (Wildman–Crippen MR) is 117 cm³/mol. The summed E-state index contributed by atoms with van der Waals surface area (Å²) in [5, 5.41) is 12.1. The zero-order valence-electron chi connectivity index (χ0n) is 17.1. The van der Waals surface area contributed by atoms with E-state index in [0.29, 0.717) is 23.2 Å². The van der Waals surface area contributed by atoms with Crippen molar-refractivity contribution >= 4 is 23.1 Å². The van der Waals surface area contributed by atoms with Gasteiger partial charge in [0.15, 0.2) is 12.0 Å². The molecule has 0 unspecified atom stereocenters. The van der Waals surface area contributed by atoms with Crippen molar-refractivity contribution in [2.45, 2.75) is 12.5 Å². The van der Waals surface area contributed by atoms with E-state index in [9.17, 15) is 14.9 Å². The molecular formula is C23H19N5O4. The van der Waals surface area contributed by atoms with E-state index in [1.807, 2.05) is 36.4 Å². The minimum absolute atomic E-state index is 0.0708. The van der Waals surface area contributed by atoms with Crippen molar-refractivity contribution in [2.24, 2.45) is 12.8 Å². The van der Waals surface area contributed by atoms with E-state index < -0.39 is 17.7 Å². The first kappa shape index (κ1) is 20.7. The minimum Gasteiger partial charge on any atom is -0.451 e. The van der Waals surface area contributed by atoms with Gasteiger partial charge >= 0.3 is 5.76 Å². The topological polar surface area (TPSA) is 140 Å². The summed E-state index contributed by atoms with van der Waals surface area (Å²) in [7, 11) is 1.66. The van der Waals surface area contributed by atoms with Gasteiger partial charge in [0.2, 0.25) is 0 Å².